The molecule has 27 heteroatoms. The lowest BCUT2D eigenvalue weighted by Crippen LogP contribution is -2.61. The third kappa shape index (κ3) is 13.9. The van der Waals surface area contributed by atoms with Gasteiger partial charge in [0.15, 0.2) is 0 Å². The first-order valence-corrected chi connectivity index (χ1v) is 29.3. The summed E-state index contributed by atoms with van der Waals surface area (Å²) >= 11 is 0. The number of imidazole rings is 3. The van der Waals surface area contributed by atoms with Gasteiger partial charge in [0.2, 0.25) is 30.1 Å². The van der Waals surface area contributed by atoms with E-state index < -0.39 is 67.3 Å². The molecule has 3 aromatic carbocycles. The molecule has 0 saturated carbocycles. The van der Waals surface area contributed by atoms with Gasteiger partial charge in [-0.05, 0) is 93.6 Å². The van der Waals surface area contributed by atoms with E-state index in [1.807, 2.05) is 179 Å². The first-order valence-electron chi connectivity index (χ1n) is 24.5. The van der Waals surface area contributed by atoms with Gasteiger partial charge >= 0.3 is 17.8 Å². The summed E-state index contributed by atoms with van der Waals surface area (Å²) in [5, 5.41) is 26.1. The molecule has 0 spiro atoms. The van der Waals surface area contributed by atoms with E-state index in [9.17, 15) is 25.3 Å². The summed E-state index contributed by atoms with van der Waals surface area (Å²) in [5.41, 5.74) is 4.03. The Balaban J connectivity index is 1.06. The van der Waals surface area contributed by atoms with E-state index in [-0.39, 0.29) is 19.6 Å². The average molecular weight is 1090 g/mol. The highest BCUT2D eigenvalue weighted by molar-refractivity contribution is 7.90. The Morgan fingerprint density at radius 1 is 0.413 bits per heavy atom. The number of benzene rings is 3. The molecular formula is C48H69N18O6S3+3. The van der Waals surface area contributed by atoms with Crippen molar-refractivity contribution in [3.05, 3.63) is 110 Å². The first kappa shape index (κ1) is 56.0. The van der Waals surface area contributed by atoms with Crippen LogP contribution in [0.1, 0.15) is 20.8 Å². The molecule has 1 saturated heterocycles. The van der Waals surface area contributed by atoms with Crippen molar-refractivity contribution in [3.63, 3.8) is 0 Å². The van der Waals surface area contributed by atoms with Crippen LogP contribution in [-0.2, 0) is 72.4 Å². The standard InChI is InChI=1S/C48H69N18O6S3/c1-10-61(43-19-13-40(14-20-43)49-52-46-55(4)25-26-56(46)5)31-34-73(67,68)64-37-65(74(69,70)35-32-62(11-2)44-21-15-41(16-22-44)50-53-47-57(6)27-28-58(47)7)39-66(38-64)75(71,72)36-33-63(12-3)45-23-17-42(18-24-45)51-54-48-59(8)29-30-60(48)9/h13-30H,10-12,31-39H2,1-9H3/q+3. The van der Waals surface area contributed by atoms with Crippen LogP contribution in [0.2, 0.25) is 0 Å². The van der Waals surface area contributed by atoms with Crippen LogP contribution in [0, 0.1) is 0 Å². The largest absolute Gasteiger partial charge is 0.421 e. The van der Waals surface area contributed by atoms with E-state index in [0.29, 0.717) is 54.5 Å². The molecule has 3 aromatic heterocycles. The highest BCUT2D eigenvalue weighted by atomic mass is 32.2. The predicted octanol–water partition coefficient (Wildman–Crippen LogP) is 5.08. The number of anilines is 3. The van der Waals surface area contributed by atoms with Gasteiger partial charge < -0.3 is 14.7 Å². The Morgan fingerprint density at radius 3 is 0.853 bits per heavy atom. The van der Waals surface area contributed by atoms with Gasteiger partial charge in [0.05, 0.1) is 117 Å². The number of rotatable bonds is 24. The second-order valence-corrected chi connectivity index (χ2v) is 24.3. The number of aromatic nitrogens is 6. The molecule has 7 rings (SSSR count). The van der Waals surface area contributed by atoms with E-state index in [4.69, 9.17) is 0 Å². The Morgan fingerprint density at radius 2 is 0.653 bits per heavy atom. The summed E-state index contributed by atoms with van der Waals surface area (Å²) in [6.45, 7) is 5.52. The van der Waals surface area contributed by atoms with Gasteiger partial charge in [-0.3, -0.25) is 0 Å². The van der Waals surface area contributed by atoms with Crippen LogP contribution >= 0.6 is 0 Å². The van der Waals surface area contributed by atoms with Crippen molar-refractivity contribution in [2.75, 3.05) is 91.2 Å². The third-order valence-electron chi connectivity index (χ3n) is 13.0. The van der Waals surface area contributed by atoms with Gasteiger partial charge in [-0.15, -0.1) is 0 Å². The van der Waals surface area contributed by atoms with Crippen molar-refractivity contribution in [1.82, 2.24) is 26.6 Å². The Labute approximate surface area is 440 Å². The van der Waals surface area contributed by atoms with Crippen LogP contribution < -0.4 is 28.4 Å². The number of azo groups is 3. The van der Waals surface area contributed by atoms with Crippen LogP contribution in [0.4, 0.5) is 52.0 Å². The van der Waals surface area contributed by atoms with Crippen molar-refractivity contribution in [1.29, 1.82) is 0 Å². The summed E-state index contributed by atoms with van der Waals surface area (Å²) < 4.78 is 100. The Kier molecular flexibility index (Phi) is 18.1. The molecule has 75 heavy (non-hydrogen) atoms. The maximum absolute atomic E-state index is 14.4. The lowest BCUT2D eigenvalue weighted by Gasteiger charge is -2.40. The second-order valence-electron chi connectivity index (χ2n) is 18.1. The fourth-order valence-electron chi connectivity index (χ4n) is 8.33. The summed E-state index contributed by atoms with van der Waals surface area (Å²) in [6, 6.07) is 21.7. The van der Waals surface area contributed by atoms with E-state index in [2.05, 4.69) is 30.7 Å². The van der Waals surface area contributed by atoms with E-state index in [1.54, 1.807) is 36.4 Å². The van der Waals surface area contributed by atoms with Crippen LogP contribution in [0.5, 0.6) is 0 Å². The zero-order chi connectivity index (χ0) is 54.1. The van der Waals surface area contributed by atoms with Gasteiger partial charge in [-0.25, -0.2) is 52.7 Å². The number of hydrogen-bond acceptors (Lipinski definition) is 15. The number of hydrogen-bond donors (Lipinski definition) is 0. The van der Waals surface area contributed by atoms with Crippen LogP contribution in [0.25, 0.3) is 0 Å². The van der Waals surface area contributed by atoms with Crippen molar-refractivity contribution in [3.8, 4) is 0 Å². The van der Waals surface area contributed by atoms with Crippen LogP contribution in [0.3, 0.4) is 0 Å². The fraction of sp³-hybridized carbons (Fsp3) is 0.438. The molecule has 1 aliphatic rings. The van der Waals surface area contributed by atoms with Crippen molar-refractivity contribution < 1.29 is 39.0 Å². The summed E-state index contributed by atoms with van der Waals surface area (Å²) in [7, 11) is -1.56. The van der Waals surface area contributed by atoms with Gasteiger partial charge in [-0.2, -0.15) is 12.9 Å². The zero-order valence-corrected chi connectivity index (χ0v) is 46.6. The van der Waals surface area contributed by atoms with Gasteiger partial charge in [0.25, 0.3) is 0 Å². The van der Waals surface area contributed by atoms with Crippen molar-refractivity contribution in [2.24, 2.45) is 73.0 Å². The highest BCUT2D eigenvalue weighted by Gasteiger charge is 2.41. The normalized spacial score (nSPS) is 14.5. The highest BCUT2D eigenvalue weighted by Crippen LogP contribution is 2.27. The minimum Gasteiger partial charge on any atom is -0.371 e. The molecule has 0 bridgehead atoms. The zero-order valence-electron chi connectivity index (χ0n) is 44.1. The SMILES string of the molecule is CCN(CCS(=O)(=O)N1CN(S(=O)(=O)CCN(CC)c2ccc(N=Nc3n(C)cc[n+]3C)cc2)CN(S(=O)(=O)CCN(CC)c2ccc(N=Nc3n(C)cc[n+]3C)cc2)C1)c1ccc(N=Nc2n(C)cc[n+]2C)cc1. The minimum absolute atomic E-state index is 0.0432. The van der Waals surface area contributed by atoms with Crippen LogP contribution in [0.15, 0.2) is 141 Å². The van der Waals surface area contributed by atoms with Crippen molar-refractivity contribution in [2.45, 2.75) is 20.8 Å². The minimum atomic E-state index is -4.27. The lowest BCUT2D eigenvalue weighted by atomic mass is 10.2. The maximum Gasteiger partial charge on any atom is 0.421 e. The molecule has 402 valence electrons. The molecule has 4 heterocycles. The molecule has 6 aromatic rings. The number of nitrogens with zero attached hydrogens (tertiary/aromatic N) is 18. The molecule has 0 aliphatic carbocycles. The van der Waals surface area contributed by atoms with E-state index in [0.717, 1.165) is 30.0 Å². The summed E-state index contributed by atoms with van der Waals surface area (Å²) in [6.07, 6.45) is 11.2. The Hall–Kier alpha value is -6.78. The average Bonchev–Trinajstić information content (AvgIpc) is 4.03. The van der Waals surface area contributed by atoms with E-state index in [1.165, 1.54) is 0 Å². The molecule has 1 fully saturated rings. The predicted molar refractivity (Wildman–Crippen MR) is 287 cm³/mol. The third-order valence-corrected chi connectivity index (χ3v) is 18.1. The van der Waals surface area contributed by atoms with Crippen molar-refractivity contribution >= 4 is 82.0 Å². The van der Waals surface area contributed by atoms with Gasteiger partial charge in [0.1, 0.15) is 17.1 Å². The quantitative estimate of drug-likeness (QED) is 0.0582. The molecule has 0 N–H and O–H groups in total. The molecule has 0 unspecified atom stereocenters. The van der Waals surface area contributed by atoms with E-state index >= 15 is 0 Å². The molecule has 0 amide bonds. The molecular weight excluding hydrogens is 1020 g/mol. The smallest absolute Gasteiger partial charge is 0.371 e. The Bertz CT molecular complexity index is 2900. The maximum atomic E-state index is 14.4. The van der Waals surface area contributed by atoms with Crippen LogP contribution in [-0.4, -0.2) is 128 Å². The lowest BCUT2D eigenvalue weighted by molar-refractivity contribution is -0.657. The molecule has 0 radical (unpaired) electrons. The van der Waals surface area contributed by atoms with Gasteiger partial charge in [-0.1, -0.05) is 15.3 Å². The topological polar surface area (TPSA) is 222 Å². The summed E-state index contributed by atoms with van der Waals surface area (Å²) in [5.74, 6) is 0.708. The summed E-state index contributed by atoms with van der Waals surface area (Å²) in [4.78, 5) is 5.62. The fourth-order valence-corrected chi connectivity index (χ4v) is 12.6. The molecule has 24 nitrogen and oxygen atoms in total. The van der Waals surface area contributed by atoms with Gasteiger partial charge in [0, 0.05) is 71.7 Å². The molecule has 1 aliphatic heterocycles. The molecule has 0 atom stereocenters. The monoisotopic (exact) mass is 1090 g/mol. The second kappa shape index (κ2) is 24.3. The first-order chi connectivity index (χ1) is 35.7. The number of aryl methyl sites for hydroxylation is 6. The number of sulfonamides is 3.